The largest absolute Gasteiger partial charge is 0.507 e. The summed E-state index contributed by atoms with van der Waals surface area (Å²) in [6.07, 6.45) is 0.911. The molecular weight excluding hydrogens is 370 g/mol. The van der Waals surface area contributed by atoms with Gasteiger partial charge in [-0.05, 0) is 51.3 Å². The zero-order chi connectivity index (χ0) is 20.7. The van der Waals surface area contributed by atoms with E-state index in [0.717, 1.165) is 30.4 Å². The lowest BCUT2D eigenvalue weighted by Crippen LogP contribution is -2.15. The minimum atomic E-state index is -0.261. The highest BCUT2D eigenvalue weighted by molar-refractivity contribution is 6.23. The second kappa shape index (κ2) is 7.38. The van der Waals surface area contributed by atoms with Gasteiger partial charge in [-0.1, -0.05) is 0 Å². The first-order valence-electron chi connectivity index (χ1n) is 9.64. The molecule has 4 rings (SSSR count). The average Bonchev–Trinajstić information content (AvgIpc) is 3.05. The molecule has 0 unspecified atom stereocenters. The van der Waals surface area contributed by atoms with Gasteiger partial charge in [0.05, 0.1) is 39.1 Å². The van der Waals surface area contributed by atoms with Crippen LogP contribution in [0.4, 0.5) is 0 Å². The third-order valence-corrected chi connectivity index (χ3v) is 5.22. The van der Waals surface area contributed by atoms with E-state index in [1.807, 2.05) is 30.9 Å². The van der Waals surface area contributed by atoms with Crippen LogP contribution in [-0.4, -0.2) is 58.6 Å². The third kappa shape index (κ3) is 3.10. The molecule has 0 atom stereocenters. The number of phenolic OH excluding ortho intramolecular Hbond substituents is 2. The number of aromatic amines is 1. The van der Waals surface area contributed by atoms with E-state index in [2.05, 4.69) is 15.0 Å². The molecule has 1 heterocycles. The standard InChI is InChI=1S/C21H25N5O3/c1-25(2)10-3-11-26-13-5-4-12(23-9-8-22)16-17(13)20(24-26)18-14(27)6-7-15(28)19(18)21(16)29/h4-7,24,28-29H,3,8-11,22H2,1-2H3. The van der Waals surface area contributed by atoms with Crippen molar-refractivity contribution in [2.24, 2.45) is 10.7 Å². The molecule has 29 heavy (non-hydrogen) atoms. The van der Waals surface area contributed by atoms with Gasteiger partial charge in [-0.2, -0.15) is 0 Å². The van der Waals surface area contributed by atoms with Crippen molar-refractivity contribution in [3.63, 3.8) is 0 Å². The third-order valence-electron chi connectivity index (χ3n) is 5.22. The van der Waals surface area contributed by atoms with Gasteiger partial charge in [0.2, 0.25) is 0 Å². The lowest BCUT2D eigenvalue weighted by Gasteiger charge is -2.10. The molecule has 0 spiro atoms. The molecule has 4 aromatic rings. The number of phenols is 2. The second-order valence-corrected chi connectivity index (χ2v) is 7.50. The van der Waals surface area contributed by atoms with Gasteiger partial charge < -0.3 is 20.8 Å². The van der Waals surface area contributed by atoms with E-state index >= 15 is 0 Å². The number of rotatable bonds is 6. The number of H-pyrrole nitrogens is 1. The smallest absolute Gasteiger partial charge is 0.189 e. The number of nitrogens with zero attached hydrogens (tertiary/aromatic N) is 3. The Balaban J connectivity index is 2.13. The summed E-state index contributed by atoms with van der Waals surface area (Å²) in [7, 11) is 4.05. The van der Waals surface area contributed by atoms with Crippen molar-refractivity contribution in [3.8, 4) is 11.5 Å². The summed E-state index contributed by atoms with van der Waals surface area (Å²) in [4.78, 5) is 19.3. The van der Waals surface area contributed by atoms with E-state index in [-0.39, 0.29) is 27.7 Å². The fourth-order valence-corrected chi connectivity index (χ4v) is 3.95. The summed E-state index contributed by atoms with van der Waals surface area (Å²) in [5, 5.41) is 27.1. The molecule has 0 fully saturated rings. The zero-order valence-electron chi connectivity index (χ0n) is 16.6. The van der Waals surface area contributed by atoms with Gasteiger partial charge >= 0.3 is 0 Å². The Hall–Kier alpha value is -3.10. The summed E-state index contributed by atoms with van der Waals surface area (Å²) in [5.74, 6) is -0.276. The molecule has 152 valence electrons. The first-order chi connectivity index (χ1) is 13.9. The van der Waals surface area contributed by atoms with Crippen molar-refractivity contribution in [1.82, 2.24) is 14.7 Å². The highest BCUT2D eigenvalue weighted by Crippen LogP contribution is 2.41. The van der Waals surface area contributed by atoms with Gasteiger partial charge in [0.25, 0.3) is 0 Å². The molecule has 0 aliphatic heterocycles. The molecule has 8 nitrogen and oxygen atoms in total. The first kappa shape index (κ1) is 19.2. The Kier molecular flexibility index (Phi) is 4.89. The first-order valence-corrected chi connectivity index (χ1v) is 9.64. The topological polar surface area (TPSA) is 120 Å². The number of benzene rings is 3. The van der Waals surface area contributed by atoms with Crippen LogP contribution in [-0.2, 0) is 6.54 Å². The molecule has 3 aromatic carbocycles. The fraction of sp³-hybridized carbons (Fsp3) is 0.333. The minimum Gasteiger partial charge on any atom is -0.507 e. The van der Waals surface area contributed by atoms with Crippen molar-refractivity contribution in [3.05, 3.63) is 39.8 Å². The molecule has 8 heteroatoms. The summed E-state index contributed by atoms with van der Waals surface area (Å²) >= 11 is 0. The Morgan fingerprint density at radius 2 is 1.90 bits per heavy atom. The number of nitrogens with two attached hydrogens (primary N) is 1. The highest BCUT2D eigenvalue weighted by atomic mass is 16.3. The van der Waals surface area contributed by atoms with Crippen molar-refractivity contribution in [1.29, 1.82) is 0 Å². The fourth-order valence-electron chi connectivity index (χ4n) is 3.95. The van der Waals surface area contributed by atoms with Crippen LogP contribution in [0.1, 0.15) is 6.42 Å². The molecule has 0 aliphatic carbocycles. The molecule has 5 N–H and O–H groups in total. The minimum absolute atomic E-state index is 0.136. The van der Waals surface area contributed by atoms with E-state index in [4.69, 9.17) is 5.73 Å². The van der Waals surface area contributed by atoms with Crippen LogP contribution in [0.25, 0.3) is 32.6 Å². The zero-order valence-corrected chi connectivity index (χ0v) is 16.6. The lowest BCUT2D eigenvalue weighted by atomic mass is 9.99. The maximum absolute atomic E-state index is 12.7. The van der Waals surface area contributed by atoms with Crippen LogP contribution in [0.5, 0.6) is 11.5 Å². The molecule has 0 saturated carbocycles. The molecular formula is C21H25N5O3. The van der Waals surface area contributed by atoms with Gasteiger partial charge in [0.1, 0.15) is 11.5 Å². The highest BCUT2D eigenvalue weighted by Gasteiger charge is 2.21. The predicted octanol–water partition coefficient (Wildman–Crippen LogP) is 1.30. The van der Waals surface area contributed by atoms with Crippen LogP contribution < -0.4 is 16.5 Å². The molecule has 0 bridgehead atoms. The van der Waals surface area contributed by atoms with Crippen molar-refractivity contribution in [2.75, 3.05) is 33.7 Å². The van der Waals surface area contributed by atoms with Crippen LogP contribution in [0.2, 0.25) is 0 Å². The predicted molar refractivity (Wildman–Crippen MR) is 115 cm³/mol. The number of aromatic hydroxyl groups is 2. The number of nitrogens with one attached hydrogen (secondary N) is 1. The Morgan fingerprint density at radius 1 is 1.10 bits per heavy atom. The SMILES string of the molecule is CN(C)CCCn1[nH]c2c3c(=O)ccc(O)c3c(O)c3c(=NCCN)ccc1c32. The van der Waals surface area contributed by atoms with E-state index in [1.165, 1.54) is 12.1 Å². The molecule has 1 aromatic heterocycles. The molecule has 0 radical (unpaired) electrons. The van der Waals surface area contributed by atoms with Crippen LogP contribution >= 0.6 is 0 Å². The van der Waals surface area contributed by atoms with Crippen molar-refractivity contribution < 1.29 is 10.2 Å². The summed E-state index contributed by atoms with van der Waals surface area (Å²) in [5.41, 5.74) is 6.81. The van der Waals surface area contributed by atoms with Crippen LogP contribution in [0.15, 0.2) is 34.1 Å². The Labute approximate surface area is 166 Å². The monoisotopic (exact) mass is 395 g/mol. The summed E-state index contributed by atoms with van der Waals surface area (Å²) in [6.45, 7) is 2.43. The summed E-state index contributed by atoms with van der Waals surface area (Å²) in [6, 6.07) is 6.41. The van der Waals surface area contributed by atoms with Gasteiger partial charge in [0, 0.05) is 18.5 Å². The second-order valence-electron chi connectivity index (χ2n) is 7.50. The Bertz CT molecular complexity index is 1320. The van der Waals surface area contributed by atoms with Gasteiger partial charge in [-0.3, -0.25) is 19.6 Å². The van der Waals surface area contributed by atoms with Crippen LogP contribution in [0.3, 0.4) is 0 Å². The number of aromatic nitrogens is 2. The van der Waals surface area contributed by atoms with E-state index in [0.29, 0.717) is 29.3 Å². The van der Waals surface area contributed by atoms with Gasteiger partial charge in [-0.25, -0.2) is 0 Å². The molecule has 0 aliphatic rings. The van der Waals surface area contributed by atoms with Crippen molar-refractivity contribution in [2.45, 2.75) is 13.0 Å². The quantitative estimate of drug-likeness (QED) is 0.367. The van der Waals surface area contributed by atoms with Crippen LogP contribution in [0, 0.1) is 0 Å². The normalized spacial score (nSPS) is 12.9. The molecule has 0 saturated heterocycles. The van der Waals surface area contributed by atoms with Crippen molar-refractivity contribution >= 4 is 32.6 Å². The maximum atomic E-state index is 12.7. The number of fused-ring (bicyclic) bond motifs is 2. The lowest BCUT2D eigenvalue weighted by molar-refractivity contribution is 0.383. The maximum Gasteiger partial charge on any atom is 0.189 e. The van der Waals surface area contributed by atoms with E-state index < -0.39 is 0 Å². The number of hydrogen-bond donors (Lipinski definition) is 4. The number of hydrogen-bond acceptors (Lipinski definition) is 6. The molecule has 0 amide bonds. The average molecular weight is 395 g/mol. The Morgan fingerprint density at radius 3 is 2.62 bits per heavy atom. The van der Waals surface area contributed by atoms with E-state index in [9.17, 15) is 15.0 Å². The summed E-state index contributed by atoms with van der Waals surface area (Å²) < 4.78 is 1.98. The number of aryl methyl sites for hydroxylation is 1. The van der Waals surface area contributed by atoms with Gasteiger partial charge in [-0.15, -0.1) is 0 Å². The van der Waals surface area contributed by atoms with E-state index in [1.54, 1.807) is 0 Å². The van der Waals surface area contributed by atoms with Gasteiger partial charge in [0.15, 0.2) is 5.43 Å².